The fourth-order valence-electron chi connectivity index (χ4n) is 1.48. The number of rotatable bonds is 3. The minimum atomic E-state index is -0.303. The van der Waals surface area contributed by atoms with Crippen molar-refractivity contribution in [2.24, 2.45) is 11.5 Å². The Kier molecular flexibility index (Phi) is 4.01. The summed E-state index contributed by atoms with van der Waals surface area (Å²) in [7, 11) is 0. The Labute approximate surface area is 101 Å². The number of nitrogens with two attached hydrogens (primary N) is 2. The zero-order chi connectivity index (χ0) is 11.6. The molecule has 1 unspecified atom stereocenters. The highest BCUT2D eigenvalue weighted by Gasteiger charge is 2.19. The van der Waals surface area contributed by atoms with E-state index in [1.54, 1.807) is 12.1 Å². The smallest absolute Gasteiger partial charge is 0.0468 e. The number of halogens is 2. The lowest BCUT2D eigenvalue weighted by atomic mass is 9.93. The van der Waals surface area contributed by atoms with Gasteiger partial charge in [0.2, 0.25) is 0 Å². The van der Waals surface area contributed by atoms with E-state index in [4.69, 9.17) is 34.7 Å². The van der Waals surface area contributed by atoms with Crippen molar-refractivity contribution in [3.63, 3.8) is 0 Å². The molecule has 84 valence electrons. The molecule has 2 nitrogen and oxygen atoms in total. The van der Waals surface area contributed by atoms with Gasteiger partial charge in [0.15, 0.2) is 0 Å². The van der Waals surface area contributed by atoms with Crippen LogP contribution in [-0.4, -0.2) is 5.54 Å². The van der Waals surface area contributed by atoms with E-state index in [1.165, 1.54) is 0 Å². The largest absolute Gasteiger partial charge is 0.325 e. The van der Waals surface area contributed by atoms with Crippen molar-refractivity contribution in [2.75, 3.05) is 0 Å². The van der Waals surface area contributed by atoms with Crippen LogP contribution < -0.4 is 11.5 Å². The Hall–Kier alpha value is -0.280. The summed E-state index contributed by atoms with van der Waals surface area (Å²) in [6.07, 6.45) is 0.675. The van der Waals surface area contributed by atoms with Gasteiger partial charge < -0.3 is 11.5 Å². The topological polar surface area (TPSA) is 52.0 Å². The molecule has 0 saturated carbocycles. The standard InChI is InChI=1S/C11H16Cl2N2/c1-11(2,15)6-10(14)8-4-3-7(12)5-9(8)13/h3-5,10H,6,14-15H2,1-2H3. The van der Waals surface area contributed by atoms with Gasteiger partial charge >= 0.3 is 0 Å². The third-order valence-corrected chi connectivity index (χ3v) is 2.67. The Morgan fingerprint density at radius 1 is 1.33 bits per heavy atom. The quantitative estimate of drug-likeness (QED) is 0.862. The van der Waals surface area contributed by atoms with E-state index in [-0.39, 0.29) is 11.6 Å². The number of hydrogen-bond donors (Lipinski definition) is 2. The molecule has 1 aromatic carbocycles. The molecule has 0 heterocycles. The maximum atomic E-state index is 6.05. The zero-order valence-corrected chi connectivity index (χ0v) is 10.4. The second-order valence-electron chi connectivity index (χ2n) is 4.47. The van der Waals surface area contributed by atoms with E-state index in [0.29, 0.717) is 16.5 Å². The summed E-state index contributed by atoms with van der Waals surface area (Å²) in [6.45, 7) is 3.88. The van der Waals surface area contributed by atoms with Gasteiger partial charge in [-0.15, -0.1) is 0 Å². The molecule has 1 atom stereocenters. The fraction of sp³-hybridized carbons (Fsp3) is 0.455. The first-order valence-corrected chi connectivity index (χ1v) is 5.54. The van der Waals surface area contributed by atoms with Crippen LogP contribution in [0.2, 0.25) is 10.0 Å². The summed E-state index contributed by atoms with van der Waals surface area (Å²) in [5.74, 6) is 0. The predicted molar refractivity (Wildman–Crippen MR) is 66.3 cm³/mol. The monoisotopic (exact) mass is 246 g/mol. The number of hydrogen-bond acceptors (Lipinski definition) is 2. The Bertz CT molecular complexity index is 345. The lowest BCUT2D eigenvalue weighted by Gasteiger charge is -2.24. The predicted octanol–water partition coefficient (Wildman–Crippen LogP) is 3.12. The van der Waals surface area contributed by atoms with Crippen LogP contribution in [0.25, 0.3) is 0 Å². The second-order valence-corrected chi connectivity index (χ2v) is 5.31. The molecule has 0 saturated heterocycles. The lowest BCUT2D eigenvalue weighted by Crippen LogP contribution is -2.35. The molecule has 1 rings (SSSR count). The summed E-state index contributed by atoms with van der Waals surface area (Å²) < 4.78 is 0. The van der Waals surface area contributed by atoms with E-state index in [1.807, 2.05) is 19.9 Å². The molecule has 4 heteroatoms. The fourth-order valence-corrected chi connectivity index (χ4v) is 2.03. The van der Waals surface area contributed by atoms with E-state index < -0.39 is 0 Å². The van der Waals surface area contributed by atoms with E-state index in [9.17, 15) is 0 Å². The van der Waals surface area contributed by atoms with E-state index in [2.05, 4.69) is 0 Å². The van der Waals surface area contributed by atoms with Gasteiger partial charge in [-0.25, -0.2) is 0 Å². The van der Waals surface area contributed by atoms with Crippen LogP contribution in [0.15, 0.2) is 18.2 Å². The summed E-state index contributed by atoms with van der Waals surface area (Å²) in [5, 5.41) is 1.21. The molecule has 1 aromatic rings. The average Bonchev–Trinajstić information content (AvgIpc) is 1.99. The van der Waals surface area contributed by atoms with Crippen LogP contribution in [0, 0.1) is 0 Å². The first kappa shape index (κ1) is 12.8. The van der Waals surface area contributed by atoms with Crippen LogP contribution in [0.3, 0.4) is 0 Å². The zero-order valence-electron chi connectivity index (χ0n) is 8.93. The third kappa shape index (κ3) is 3.99. The molecule has 0 aliphatic rings. The van der Waals surface area contributed by atoms with Crippen LogP contribution in [0.4, 0.5) is 0 Å². The van der Waals surface area contributed by atoms with E-state index in [0.717, 1.165) is 5.56 Å². The lowest BCUT2D eigenvalue weighted by molar-refractivity contribution is 0.429. The van der Waals surface area contributed by atoms with Crippen LogP contribution in [0.1, 0.15) is 31.9 Å². The maximum absolute atomic E-state index is 6.05. The van der Waals surface area contributed by atoms with Crippen molar-refractivity contribution in [3.05, 3.63) is 33.8 Å². The Balaban J connectivity index is 2.87. The van der Waals surface area contributed by atoms with Gasteiger partial charge in [-0.2, -0.15) is 0 Å². The van der Waals surface area contributed by atoms with Crippen molar-refractivity contribution >= 4 is 23.2 Å². The molecule has 0 aliphatic heterocycles. The van der Waals surface area contributed by atoms with E-state index >= 15 is 0 Å². The highest BCUT2D eigenvalue weighted by molar-refractivity contribution is 6.35. The molecular weight excluding hydrogens is 231 g/mol. The molecule has 15 heavy (non-hydrogen) atoms. The van der Waals surface area contributed by atoms with Gasteiger partial charge in [-0.3, -0.25) is 0 Å². The third-order valence-electron chi connectivity index (χ3n) is 2.11. The first-order chi connectivity index (χ1) is 6.79. The van der Waals surface area contributed by atoms with Gasteiger partial charge in [0.05, 0.1) is 0 Å². The van der Waals surface area contributed by atoms with Crippen molar-refractivity contribution < 1.29 is 0 Å². The second kappa shape index (κ2) is 4.71. The highest BCUT2D eigenvalue weighted by atomic mass is 35.5. The molecule has 0 bridgehead atoms. The summed E-state index contributed by atoms with van der Waals surface area (Å²) in [5.41, 5.74) is 12.5. The molecule has 0 amide bonds. The number of benzene rings is 1. The van der Waals surface area contributed by atoms with Crippen molar-refractivity contribution in [3.8, 4) is 0 Å². The Morgan fingerprint density at radius 3 is 2.40 bits per heavy atom. The van der Waals surface area contributed by atoms with Gasteiger partial charge in [0.25, 0.3) is 0 Å². The molecular formula is C11H16Cl2N2. The SMILES string of the molecule is CC(C)(N)CC(N)c1ccc(Cl)cc1Cl. The molecule has 0 radical (unpaired) electrons. The Morgan fingerprint density at radius 2 is 1.93 bits per heavy atom. The maximum Gasteiger partial charge on any atom is 0.0468 e. The van der Waals surface area contributed by atoms with Crippen LogP contribution in [-0.2, 0) is 0 Å². The molecule has 0 aromatic heterocycles. The van der Waals surface area contributed by atoms with Crippen molar-refractivity contribution in [1.29, 1.82) is 0 Å². The van der Waals surface area contributed by atoms with Gasteiger partial charge in [-0.05, 0) is 38.0 Å². The normalized spacial score (nSPS) is 14.0. The molecule has 0 fully saturated rings. The van der Waals surface area contributed by atoms with Gasteiger partial charge in [0, 0.05) is 21.6 Å². The van der Waals surface area contributed by atoms with Crippen molar-refractivity contribution in [1.82, 2.24) is 0 Å². The van der Waals surface area contributed by atoms with Crippen molar-refractivity contribution in [2.45, 2.75) is 31.8 Å². The van der Waals surface area contributed by atoms with Crippen LogP contribution >= 0.6 is 23.2 Å². The van der Waals surface area contributed by atoms with Gasteiger partial charge in [0.1, 0.15) is 0 Å². The summed E-state index contributed by atoms with van der Waals surface area (Å²) in [6, 6.07) is 5.17. The average molecular weight is 247 g/mol. The minimum Gasteiger partial charge on any atom is -0.325 e. The molecule has 0 aliphatic carbocycles. The highest BCUT2D eigenvalue weighted by Crippen LogP contribution is 2.28. The summed E-state index contributed by atoms with van der Waals surface area (Å²) >= 11 is 11.9. The summed E-state index contributed by atoms with van der Waals surface area (Å²) in [4.78, 5) is 0. The van der Waals surface area contributed by atoms with Crippen LogP contribution in [0.5, 0.6) is 0 Å². The van der Waals surface area contributed by atoms with Gasteiger partial charge in [-0.1, -0.05) is 29.3 Å². The molecule has 4 N–H and O–H groups in total. The molecule has 0 spiro atoms. The first-order valence-electron chi connectivity index (χ1n) is 4.79. The minimum absolute atomic E-state index is 0.158.